The second-order valence-corrected chi connectivity index (χ2v) is 5.73. The Kier molecular flexibility index (Phi) is 4.75. The largest absolute Gasteiger partial charge is 0.467 e. The molecule has 0 atom stereocenters. The van der Waals surface area contributed by atoms with Gasteiger partial charge in [-0.3, -0.25) is 14.7 Å². The van der Waals surface area contributed by atoms with Crippen molar-refractivity contribution in [1.29, 1.82) is 0 Å². The van der Waals surface area contributed by atoms with E-state index >= 15 is 0 Å². The first-order chi connectivity index (χ1) is 11.2. The summed E-state index contributed by atoms with van der Waals surface area (Å²) in [6.07, 6.45) is 8.25. The molecule has 3 rings (SSSR count). The summed E-state index contributed by atoms with van der Waals surface area (Å²) < 4.78 is 5.16. The second-order valence-electron chi connectivity index (χ2n) is 5.73. The van der Waals surface area contributed by atoms with Crippen LogP contribution in [0.15, 0.2) is 29.0 Å². The molecule has 1 saturated carbocycles. The predicted octanol–water partition coefficient (Wildman–Crippen LogP) is 2.45. The first-order valence-corrected chi connectivity index (χ1v) is 7.89. The minimum Gasteiger partial charge on any atom is -0.467 e. The van der Waals surface area contributed by atoms with Gasteiger partial charge in [-0.15, -0.1) is 0 Å². The average molecular weight is 316 g/mol. The fraction of sp³-hybridized carbons (Fsp3) is 0.438. The van der Waals surface area contributed by atoms with E-state index in [1.165, 1.54) is 12.6 Å². The van der Waals surface area contributed by atoms with E-state index < -0.39 is 0 Å². The second kappa shape index (κ2) is 7.13. The van der Waals surface area contributed by atoms with E-state index in [1.54, 1.807) is 18.4 Å². The highest BCUT2D eigenvalue weighted by Crippen LogP contribution is 2.25. The van der Waals surface area contributed by atoms with Crippen molar-refractivity contribution in [1.82, 2.24) is 15.5 Å². The van der Waals surface area contributed by atoms with Crippen LogP contribution in [0.25, 0.3) is 0 Å². The standard InChI is InChI=1S/C16H20N4O3/c21-15(11-5-2-1-3-6-11)19-13-10-18-20-14(13)16(22)17-9-12-7-4-8-23-12/h4,7-8,10-11H,1-3,5-6,9H2,(H,17,22)(H,18,20)(H,19,21). The van der Waals surface area contributed by atoms with Crippen molar-refractivity contribution in [2.24, 2.45) is 5.92 Å². The Hall–Kier alpha value is -2.57. The molecule has 0 bridgehead atoms. The van der Waals surface area contributed by atoms with Crippen molar-refractivity contribution in [3.8, 4) is 0 Å². The van der Waals surface area contributed by atoms with Crippen LogP contribution in [0, 0.1) is 5.92 Å². The predicted molar refractivity (Wildman–Crippen MR) is 83.7 cm³/mol. The Bertz CT molecular complexity index is 657. The van der Waals surface area contributed by atoms with Crippen LogP contribution in [-0.2, 0) is 11.3 Å². The summed E-state index contributed by atoms with van der Waals surface area (Å²) >= 11 is 0. The fourth-order valence-electron chi connectivity index (χ4n) is 2.82. The summed E-state index contributed by atoms with van der Waals surface area (Å²) in [7, 11) is 0. The number of hydrogen-bond donors (Lipinski definition) is 3. The number of aromatic amines is 1. The first-order valence-electron chi connectivity index (χ1n) is 7.89. The third kappa shape index (κ3) is 3.80. The highest BCUT2D eigenvalue weighted by atomic mass is 16.3. The third-order valence-corrected chi connectivity index (χ3v) is 4.09. The van der Waals surface area contributed by atoms with E-state index in [0.29, 0.717) is 11.4 Å². The number of anilines is 1. The lowest BCUT2D eigenvalue weighted by atomic mass is 9.88. The molecule has 0 radical (unpaired) electrons. The van der Waals surface area contributed by atoms with Gasteiger partial charge in [0.15, 0.2) is 5.69 Å². The maximum atomic E-state index is 12.3. The van der Waals surface area contributed by atoms with Crippen LogP contribution in [0.3, 0.4) is 0 Å². The van der Waals surface area contributed by atoms with Crippen LogP contribution in [0.4, 0.5) is 5.69 Å². The number of nitrogens with one attached hydrogen (secondary N) is 3. The van der Waals surface area contributed by atoms with Crippen LogP contribution in [-0.4, -0.2) is 22.0 Å². The van der Waals surface area contributed by atoms with Crippen LogP contribution in [0.2, 0.25) is 0 Å². The van der Waals surface area contributed by atoms with E-state index in [-0.39, 0.29) is 30.0 Å². The summed E-state index contributed by atoms with van der Waals surface area (Å²) in [5.41, 5.74) is 0.596. The Morgan fingerprint density at radius 3 is 2.87 bits per heavy atom. The van der Waals surface area contributed by atoms with Gasteiger partial charge in [0, 0.05) is 12.1 Å². The number of amides is 2. The molecule has 3 N–H and O–H groups in total. The summed E-state index contributed by atoms with van der Waals surface area (Å²) in [5.74, 6) is 0.284. The van der Waals surface area contributed by atoms with Crippen LogP contribution < -0.4 is 10.6 Å². The molecular weight excluding hydrogens is 296 g/mol. The van der Waals surface area contributed by atoms with Gasteiger partial charge in [0.1, 0.15) is 5.76 Å². The molecule has 122 valence electrons. The van der Waals surface area contributed by atoms with Crippen molar-refractivity contribution >= 4 is 17.5 Å². The fourth-order valence-corrected chi connectivity index (χ4v) is 2.82. The molecular formula is C16H20N4O3. The van der Waals surface area contributed by atoms with Gasteiger partial charge >= 0.3 is 0 Å². The molecule has 1 aliphatic rings. The lowest BCUT2D eigenvalue weighted by Gasteiger charge is -2.20. The summed E-state index contributed by atoms with van der Waals surface area (Å²) in [6, 6.07) is 3.53. The lowest BCUT2D eigenvalue weighted by molar-refractivity contribution is -0.120. The highest BCUT2D eigenvalue weighted by Gasteiger charge is 2.23. The van der Waals surface area contributed by atoms with Gasteiger partial charge in [0.05, 0.1) is 18.5 Å². The molecule has 2 amide bonds. The Morgan fingerprint density at radius 1 is 1.30 bits per heavy atom. The SMILES string of the molecule is O=C(NCc1ccco1)c1n[nH]cc1NC(=O)C1CCCCC1. The third-order valence-electron chi connectivity index (χ3n) is 4.09. The Morgan fingerprint density at radius 2 is 2.13 bits per heavy atom. The number of H-pyrrole nitrogens is 1. The van der Waals surface area contributed by atoms with Crippen molar-refractivity contribution in [2.75, 3.05) is 5.32 Å². The zero-order valence-corrected chi connectivity index (χ0v) is 12.8. The van der Waals surface area contributed by atoms with Gasteiger partial charge in [0.2, 0.25) is 5.91 Å². The molecule has 7 nitrogen and oxygen atoms in total. The highest BCUT2D eigenvalue weighted by molar-refractivity contribution is 6.02. The smallest absolute Gasteiger partial charge is 0.274 e. The summed E-state index contributed by atoms with van der Waals surface area (Å²) in [4.78, 5) is 24.5. The molecule has 1 fully saturated rings. The molecule has 1 aliphatic carbocycles. The summed E-state index contributed by atoms with van der Waals surface area (Å²) in [6.45, 7) is 0.273. The van der Waals surface area contributed by atoms with Gasteiger partial charge in [-0.25, -0.2) is 0 Å². The van der Waals surface area contributed by atoms with Gasteiger partial charge in [-0.1, -0.05) is 19.3 Å². The van der Waals surface area contributed by atoms with Crippen LogP contribution >= 0.6 is 0 Å². The molecule has 0 aromatic carbocycles. The molecule has 2 aromatic heterocycles. The molecule has 0 aliphatic heterocycles. The van der Waals surface area contributed by atoms with Crippen molar-refractivity contribution in [3.63, 3.8) is 0 Å². The van der Waals surface area contributed by atoms with Gasteiger partial charge < -0.3 is 15.1 Å². The normalized spacial score (nSPS) is 15.3. The zero-order valence-electron chi connectivity index (χ0n) is 12.8. The first kappa shape index (κ1) is 15.3. The zero-order chi connectivity index (χ0) is 16.1. The number of carbonyl (C=O) groups excluding carboxylic acids is 2. The minimum atomic E-state index is -0.360. The summed E-state index contributed by atoms with van der Waals surface area (Å²) in [5, 5.41) is 12.1. The van der Waals surface area contributed by atoms with Crippen LogP contribution in [0.5, 0.6) is 0 Å². The van der Waals surface area contributed by atoms with E-state index in [9.17, 15) is 9.59 Å². The molecule has 23 heavy (non-hydrogen) atoms. The molecule has 7 heteroatoms. The van der Waals surface area contributed by atoms with Crippen molar-refractivity contribution < 1.29 is 14.0 Å². The van der Waals surface area contributed by atoms with Crippen molar-refractivity contribution in [3.05, 3.63) is 36.0 Å². The number of carbonyl (C=O) groups is 2. The molecule has 0 unspecified atom stereocenters. The number of rotatable bonds is 5. The quantitative estimate of drug-likeness (QED) is 0.788. The Balaban J connectivity index is 1.59. The van der Waals surface area contributed by atoms with Gasteiger partial charge in [0.25, 0.3) is 5.91 Å². The maximum absolute atomic E-state index is 12.3. The van der Waals surface area contributed by atoms with E-state index in [4.69, 9.17) is 4.42 Å². The number of nitrogens with zero attached hydrogens (tertiary/aromatic N) is 1. The number of aromatic nitrogens is 2. The molecule has 0 spiro atoms. The van der Waals surface area contributed by atoms with E-state index in [0.717, 1.165) is 25.7 Å². The van der Waals surface area contributed by atoms with Gasteiger partial charge in [-0.05, 0) is 25.0 Å². The maximum Gasteiger partial charge on any atom is 0.274 e. The Labute approximate surface area is 133 Å². The monoisotopic (exact) mass is 316 g/mol. The number of hydrogen-bond acceptors (Lipinski definition) is 4. The topological polar surface area (TPSA) is 100 Å². The molecule has 2 heterocycles. The van der Waals surface area contributed by atoms with E-state index in [1.807, 2.05) is 0 Å². The molecule has 0 saturated heterocycles. The molecule has 2 aromatic rings. The minimum absolute atomic E-state index is 0.0256. The average Bonchev–Trinajstić information content (AvgIpc) is 3.25. The number of furan rings is 1. The van der Waals surface area contributed by atoms with Crippen molar-refractivity contribution in [2.45, 2.75) is 38.6 Å². The van der Waals surface area contributed by atoms with E-state index in [2.05, 4.69) is 20.8 Å². The van der Waals surface area contributed by atoms with Gasteiger partial charge in [-0.2, -0.15) is 5.10 Å². The van der Waals surface area contributed by atoms with Crippen LogP contribution in [0.1, 0.15) is 48.4 Å². The lowest BCUT2D eigenvalue weighted by Crippen LogP contribution is -2.27.